The van der Waals surface area contributed by atoms with Crippen LogP contribution >= 0.6 is 0 Å². The fourth-order valence-corrected chi connectivity index (χ4v) is 2.66. The van der Waals surface area contributed by atoms with Crippen LogP contribution < -0.4 is 5.32 Å². The second kappa shape index (κ2) is 6.70. The number of fused-ring (bicyclic) bond motifs is 1. The van der Waals surface area contributed by atoms with E-state index in [0.29, 0.717) is 19.0 Å². The molecule has 0 radical (unpaired) electrons. The molecule has 1 aliphatic rings. The number of nitrogens with one attached hydrogen (secondary N) is 2. The first kappa shape index (κ1) is 15.3. The van der Waals surface area contributed by atoms with Gasteiger partial charge in [-0.2, -0.15) is 4.98 Å². The normalized spacial score (nSPS) is 13.1. The first-order chi connectivity index (χ1) is 12.3. The lowest BCUT2D eigenvalue weighted by atomic mass is 10.1. The Hall–Kier alpha value is -3.25. The van der Waals surface area contributed by atoms with E-state index in [4.69, 9.17) is 4.74 Å². The molecule has 6 heteroatoms. The highest BCUT2D eigenvalue weighted by Crippen LogP contribution is 2.21. The smallest absolute Gasteiger partial charge is 0.250 e. The topological polar surface area (TPSA) is 79.9 Å². The molecule has 1 aromatic heterocycles. The van der Waals surface area contributed by atoms with Crippen LogP contribution in [0.4, 0.5) is 5.95 Å². The van der Waals surface area contributed by atoms with Gasteiger partial charge in [-0.3, -0.25) is 15.2 Å². The standard InChI is InChI=1S/C19H16N4O2/c24-17(9-7-13-6-8-15-11-25-12-16(15)10-13)20-19-21-18(22-23-19)14-4-2-1-3-5-14/h1-10H,11-12H2,(H2,20,21,22,23,24)/b9-7+. The van der Waals surface area contributed by atoms with Crippen LogP contribution in [0.1, 0.15) is 16.7 Å². The lowest BCUT2D eigenvalue weighted by molar-refractivity contribution is -0.111. The Kier molecular flexibility index (Phi) is 4.10. The van der Waals surface area contributed by atoms with Gasteiger partial charge in [0.05, 0.1) is 13.2 Å². The first-order valence-corrected chi connectivity index (χ1v) is 7.94. The molecule has 2 aromatic carbocycles. The van der Waals surface area contributed by atoms with Gasteiger partial charge >= 0.3 is 0 Å². The zero-order valence-corrected chi connectivity index (χ0v) is 13.4. The maximum absolute atomic E-state index is 12.0. The van der Waals surface area contributed by atoms with Crippen LogP contribution in [-0.2, 0) is 22.7 Å². The summed E-state index contributed by atoms with van der Waals surface area (Å²) in [6, 6.07) is 15.6. The highest BCUT2D eigenvalue weighted by atomic mass is 16.5. The molecule has 6 nitrogen and oxygen atoms in total. The average Bonchev–Trinajstić information content (AvgIpc) is 3.29. The van der Waals surface area contributed by atoms with Crippen LogP contribution in [-0.4, -0.2) is 21.1 Å². The highest BCUT2D eigenvalue weighted by molar-refractivity contribution is 6.01. The van der Waals surface area contributed by atoms with E-state index < -0.39 is 0 Å². The predicted molar refractivity (Wildman–Crippen MR) is 94.4 cm³/mol. The molecule has 0 bridgehead atoms. The molecule has 4 rings (SSSR count). The highest BCUT2D eigenvalue weighted by Gasteiger charge is 2.10. The number of anilines is 1. The summed E-state index contributed by atoms with van der Waals surface area (Å²) in [7, 11) is 0. The minimum Gasteiger partial charge on any atom is -0.372 e. The second-order valence-corrected chi connectivity index (χ2v) is 5.72. The Morgan fingerprint density at radius 3 is 2.84 bits per heavy atom. The molecule has 0 spiro atoms. The number of amides is 1. The Labute approximate surface area is 144 Å². The Morgan fingerprint density at radius 1 is 1.12 bits per heavy atom. The number of carbonyl (C=O) groups is 1. The van der Waals surface area contributed by atoms with Crippen LogP contribution in [0.2, 0.25) is 0 Å². The third kappa shape index (κ3) is 3.49. The fourth-order valence-electron chi connectivity index (χ4n) is 2.66. The third-order valence-corrected chi connectivity index (χ3v) is 3.94. The summed E-state index contributed by atoms with van der Waals surface area (Å²) < 4.78 is 5.39. The van der Waals surface area contributed by atoms with Crippen molar-refractivity contribution in [2.24, 2.45) is 0 Å². The van der Waals surface area contributed by atoms with E-state index in [1.54, 1.807) is 6.08 Å². The van der Waals surface area contributed by atoms with Crippen LogP contribution in [0.3, 0.4) is 0 Å². The second-order valence-electron chi connectivity index (χ2n) is 5.72. The summed E-state index contributed by atoms with van der Waals surface area (Å²) in [5.41, 5.74) is 4.24. The molecule has 2 heterocycles. The van der Waals surface area contributed by atoms with Crippen molar-refractivity contribution in [2.75, 3.05) is 5.32 Å². The molecule has 0 saturated heterocycles. The maximum Gasteiger partial charge on any atom is 0.250 e. The number of benzene rings is 2. The number of hydrogen-bond acceptors (Lipinski definition) is 4. The molecule has 1 aliphatic heterocycles. The van der Waals surface area contributed by atoms with E-state index in [1.807, 2.05) is 48.5 Å². The van der Waals surface area contributed by atoms with Crippen LogP contribution in [0, 0.1) is 0 Å². The van der Waals surface area contributed by atoms with Crippen LogP contribution in [0.25, 0.3) is 17.5 Å². The van der Waals surface area contributed by atoms with Crippen molar-refractivity contribution in [3.63, 3.8) is 0 Å². The molecule has 2 N–H and O–H groups in total. The third-order valence-electron chi connectivity index (χ3n) is 3.94. The summed E-state index contributed by atoms with van der Waals surface area (Å²) in [5.74, 6) is 0.574. The van der Waals surface area contributed by atoms with Gasteiger partial charge in [0.2, 0.25) is 5.95 Å². The van der Waals surface area contributed by atoms with Gasteiger partial charge in [0, 0.05) is 11.6 Å². The predicted octanol–water partition coefficient (Wildman–Crippen LogP) is 3.15. The van der Waals surface area contributed by atoms with Gasteiger partial charge in [-0.25, -0.2) is 0 Å². The molecule has 0 unspecified atom stereocenters. The number of rotatable bonds is 4. The monoisotopic (exact) mass is 332 g/mol. The molecular formula is C19H16N4O2. The van der Waals surface area contributed by atoms with Gasteiger partial charge < -0.3 is 4.74 Å². The SMILES string of the molecule is O=C(/C=C/c1ccc2c(c1)COC2)Nc1n[nH]c(-c2ccccc2)n1. The largest absolute Gasteiger partial charge is 0.372 e. The minimum atomic E-state index is -0.282. The number of hydrogen-bond donors (Lipinski definition) is 2. The lowest BCUT2D eigenvalue weighted by Crippen LogP contribution is -2.09. The van der Waals surface area contributed by atoms with Crippen molar-refractivity contribution >= 4 is 17.9 Å². The van der Waals surface area contributed by atoms with Gasteiger partial charge in [0.15, 0.2) is 5.82 Å². The first-order valence-electron chi connectivity index (χ1n) is 7.94. The lowest BCUT2D eigenvalue weighted by Gasteiger charge is -1.99. The molecule has 25 heavy (non-hydrogen) atoms. The number of aromatic nitrogens is 3. The number of H-pyrrole nitrogens is 1. The van der Waals surface area contributed by atoms with Crippen molar-refractivity contribution in [3.8, 4) is 11.4 Å². The summed E-state index contributed by atoms with van der Waals surface area (Å²) >= 11 is 0. The van der Waals surface area contributed by atoms with Gasteiger partial charge in [-0.05, 0) is 28.8 Å². The molecule has 0 atom stereocenters. The Morgan fingerprint density at radius 2 is 1.96 bits per heavy atom. The summed E-state index contributed by atoms with van der Waals surface area (Å²) in [5, 5.41) is 9.48. The van der Waals surface area contributed by atoms with Crippen molar-refractivity contribution in [1.29, 1.82) is 0 Å². The molecule has 0 aliphatic carbocycles. The van der Waals surface area contributed by atoms with E-state index in [0.717, 1.165) is 11.1 Å². The van der Waals surface area contributed by atoms with E-state index in [-0.39, 0.29) is 11.9 Å². The number of carbonyl (C=O) groups excluding carboxylic acids is 1. The molecule has 0 saturated carbocycles. The maximum atomic E-state index is 12.0. The molecular weight excluding hydrogens is 316 g/mol. The van der Waals surface area contributed by atoms with Crippen molar-refractivity contribution in [3.05, 3.63) is 71.3 Å². The molecule has 0 fully saturated rings. The number of nitrogens with zero attached hydrogens (tertiary/aromatic N) is 2. The zero-order chi connectivity index (χ0) is 17.1. The van der Waals surface area contributed by atoms with Gasteiger partial charge in [-0.15, -0.1) is 5.10 Å². The quantitative estimate of drug-likeness (QED) is 0.719. The summed E-state index contributed by atoms with van der Waals surface area (Å²) in [6.07, 6.45) is 3.23. The van der Waals surface area contributed by atoms with Gasteiger partial charge in [0.1, 0.15) is 0 Å². The van der Waals surface area contributed by atoms with E-state index in [9.17, 15) is 4.79 Å². The Balaban J connectivity index is 1.41. The van der Waals surface area contributed by atoms with Crippen LogP contribution in [0.15, 0.2) is 54.6 Å². The minimum absolute atomic E-state index is 0.246. The summed E-state index contributed by atoms with van der Waals surface area (Å²) in [4.78, 5) is 16.3. The molecule has 3 aromatic rings. The van der Waals surface area contributed by atoms with E-state index in [1.165, 1.54) is 17.2 Å². The Bertz CT molecular complexity index is 932. The van der Waals surface area contributed by atoms with Crippen molar-refractivity contribution in [2.45, 2.75) is 13.2 Å². The zero-order valence-electron chi connectivity index (χ0n) is 13.4. The van der Waals surface area contributed by atoms with E-state index >= 15 is 0 Å². The van der Waals surface area contributed by atoms with Gasteiger partial charge in [-0.1, -0.05) is 42.5 Å². The number of ether oxygens (including phenoxy) is 1. The molecule has 124 valence electrons. The number of aromatic amines is 1. The fraction of sp³-hybridized carbons (Fsp3) is 0.105. The molecule has 1 amide bonds. The van der Waals surface area contributed by atoms with Crippen molar-refractivity contribution < 1.29 is 9.53 Å². The van der Waals surface area contributed by atoms with E-state index in [2.05, 4.69) is 20.5 Å². The average molecular weight is 332 g/mol. The van der Waals surface area contributed by atoms with Crippen LogP contribution in [0.5, 0.6) is 0 Å². The van der Waals surface area contributed by atoms with Crippen molar-refractivity contribution in [1.82, 2.24) is 15.2 Å². The summed E-state index contributed by atoms with van der Waals surface area (Å²) in [6.45, 7) is 1.29. The van der Waals surface area contributed by atoms with Gasteiger partial charge in [0.25, 0.3) is 5.91 Å².